The van der Waals surface area contributed by atoms with Gasteiger partial charge in [0.2, 0.25) is 0 Å². The van der Waals surface area contributed by atoms with Crippen LogP contribution in [0.2, 0.25) is 5.02 Å². The van der Waals surface area contributed by atoms with E-state index in [4.69, 9.17) is 23.8 Å². The number of anilines is 1. The van der Waals surface area contributed by atoms with E-state index in [1.165, 1.54) is 0 Å². The van der Waals surface area contributed by atoms with E-state index in [0.717, 1.165) is 41.7 Å². The fourth-order valence-electron chi connectivity index (χ4n) is 3.09. The zero-order chi connectivity index (χ0) is 17.9. The molecule has 1 aliphatic rings. The standard InChI is InChI=1S/C19H17BrClN3S/c20-16-7-6-15(12-17(16)21)23-18(25)24-10-8-19(13-22,9-11-24)14-4-2-1-3-5-14/h1-7,12H,8-11H2,(H,23,25). The zero-order valence-corrected chi connectivity index (χ0v) is 16.7. The Morgan fingerprint density at radius 3 is 2.48 bits per heavy atom. The Morgan fingerprint density at radius 2 is 1.88 bits per heavy atom. The molecule has 0 bridgehead atoms. The van der Waals surface area contributed by atoms with Crippen LogP contribution in [0.3, 0.4) is 0 Å². The van der Waals surface area contributed by atoms with Crippen LogP contribution in [0.1, 0.15) is 18.4 Å². The molecule has 6 heteroatoms. The first-order valence-electron chi connectivity index (χ1n) is 8.02. The van der Waals surface area contributed by atoms with Crippen LogP contribution in [0.4, 0.5) is 5.69 Å². The molecule has 2 aromatic carbocycles. The topological polar surface area (TPSA) is 39.1 Å². The molecule has 0 spiro atoms. The van der Waals surface area contributed by atoms with Crippen LogP contribution in [-0.2, 0) is 5.41 Å². The average Bonchev–Trinajstić information content (AvgIpc) is 2.65. The van der Waals surface area contributed by atoms with Gasteiger partial charge < -0.3 is 10.2 Å². The predicted molar refractivity (Wildman–Crippen MR) is 110 cm³/mol. The molecule has 0 unspecified atom stereocenters. The summed E-state index contributed by atoms with van der Waals surface area (Å²) in [5.74, 6) is 0. The number of hydrogen-bond donors (Lipinski definition) is 1. The first-order chi connectivity index (χ1) is 12.0. The van der Waals surface area contributed by atoms with Crippen molar-refractivity contribution in [2.75, 3.05) is 18.4 Å². The molecule has 1 saturated heterocycles. The first kappa shape index (κ1) is 18.2. The van der Waals surface area contributed by atoms with E-state index in [9.17, 15) is 5.26 Å². The number of piperidine rings is 1. The van der Waals surface area contributed by atoms with Crippen LogP contribution < -0.4 is 5.32 Å². The van der Waals surface area contributed by atoms with Crippen molar-refractivity contribution in [2.24, 2.45) is 0 Å². The Balaban J connectivity index is 1.66. The second-order valence-electron chi connectivity index (χ2n) is 6.11. The van der Waals surface area contributed by atoms with Gasteiger partial charge in [0.15, 0.2) is 5.11 Å². The van der Waals surface area contributed by atoms with Crippen LogP contribution in [0.5, 0.6) is 0 Å². The van der Waals surface area contributed by atoms with Gasteiger partial charge in [0, 0.05) is 23.2 Å². The summed E-state index contributed by atoms with van der Waals surface area (Å²) >= 11 is 15.0. The maximum atomic E-state index is 9.78. The van der Waals surface area contributed by atoms with Crippen molar-refractivity contribution in [1.82, 2.24) is 4.90 Å². The van der Waals surface area contributed by atoms with E-state index in [-0.39, 0.29) is 0 Å². The number of hydrogen-bond acceptors (Lipinski definition) is 2. The summed E-state index contributed by atoms with van der Waals surface area (Å²) in [5.41, 5.74) is 1.53. The minimum absolute atomic E-state index is 0.422. The Bertz CT molecular complexity index is 811. The van der Waals surface area contributed by atoms with E-state index in [1.54, 1.807) is 0 Å². The van der Waals surface area contributed by atoms with Crippen LogP contribution in [-0.4, -0.2) is 23.1 Å². The smallest absolute Gasteiger partial charge is 0.173 e. The second-order valence-corrected chi connectivity index (χ2v) is 7.75. The molecule has 1 aliphatic heterocycles. The van der Waals surface area contributed by atoms with Crippen molar-refractivity contribution in [1.29, 1.82) is 5.26 Å². The normalized spacial score (nSPS) is 16.1. The Hall–Kier alpha value is -1.61. The Kier molecular flexibility index (Phi) is 5.63. The number of thiocarbonyl (C=S) groups is 1. The van der Waals surface area contributed by atoms with Gasteiger partial charge in [0.1, 0.15) is 0 Å². The van der Waals surface area contributed by atoms with E-state index < -0.39 is 5.41 Å². The lowest BCUT2D eigenvalue weighted by molar-refractivity contribution is 0.272. The lowest BCUT2D eigenvalue weighted by atomic mass is 9.74. The van der Waals surface area contributed by atoms with Crippen molar-refractivity contribution in [3.8, 4) is 6.07 Å². The highest BCUT2D eigenvalue weighted by Gasteiger charge is 2.36. The highest BCUT2D eigenvalue weighted by molar-refractivity contribution is 9.10. The molecule has 0 aliphatic carbocycles. The number of likely N-dealkylation sites (tertiary alicyclic amines) is 1. The Morgan fingerprint density at radius 1 is 1.20 bits per heavy atom. The zero-order valence-electron chi connectivity index (χ0n) is 13.5. The highest BCUT2D eigenvalue weighted by atomic mass is 79.9. The third kappa shape index (κ3) is 3.98. The monoisotopic (exact) mass is 433 g/mol. The van der Waals surface area contributed by atoms with Crippen molar-refractivity contribution in [3.63, 3.8) is 0 Å². The van der Waals surface area contributed by atoms with Crippen LogP contribution in [0, 0.1) is 11.3 Å². The largest absolute Gasteiger partial charge is 0.349 e. The maximum Gasteiger partial charge on any atom is 0.173 e. The third-order valence-electron chi connectivity index (χ3n) is 4.62. The summed E-state index contributed by atoms with van der Waals surface area (Å²) in [6.07, 6.45) is 1.52. The van der Waals surface area contributed by atoms with Crippen molar-refractivity contribution >= 4 is 50.5 Å². The van der Waals surface area contributed by atoms with Gasteiger partial charge >= 0.3 is 0 Å². The molecule has 1 N–H and O–H groups in total. The van der Waals surface area contributed by atoms with E-state index in [2.05, 4.69) is 32.2 Å². The fourth-order valence-corrected chi connectivity index (χ4v) is 3.82. The SMILES string of the molecule is N#CC1(c2ccccc2)CCN(C(=S)Nc2ccc(Br)c(Cl)c2)CC1. The van der Waals surface area contributed by atoms with E-state index in [0.29, 0.717) is 10.1 Å². The summed E-state index contributed by atoms with van der Waals surface area (Å²) < 4.78 is 0.852. The quantitative estimate of drug-likeness (QED) is 0.646. The third-order valence-corrected chi connectivity index (χ3v) is 6.21. The minimum atomic E-state index is -0.422. The lowest BCUT2D eigenvalue weighted by Crippen LogP contribution is -2.46. The Labute approximate surface area is 166 Å². The minimum Gasteiger partial charge on any atom is -0.349 e. The average molecular weight is 435 g/mol. The lowest BCUT2D eigenvalue weighted by Gasteiger charge is -2.38. The molecular formula is C19H17BrClN3S. The van der Waals surface area contributed by atoms with Crippen LogP contribution in [0.25, 0.3) is 0 Å². The molecule has 3 nitrogen and oxygen atoms in total. The molecule has 25 heavy (non-hydrogen) atoms. The van der Waals surface area contributed by atoms with Gasteiger partial charge in [-0.15, -0.1) is 0 Å². The summed E-state index contributed by atoms with van der Waals surface area (Å²) in [6, 6.07) is 18.2. The highest BCUT2D eigenvalue weighted by Crippen LogP contribution is 2.35. The summed E-state index contributed by atoms with van der Waals surface area (Å²) in [6.45, 7) is 1.50. The van der Waals surface area contributed by atoms with Gasteiger partial charge in [-0.25, -0.2) is 0 Å². The molecule has 1 heterocycles. The maximum absolute atomic E-state index is 9.78. The summed E-state index contributed by atoms with van der Waals surface area (Å²) in [5, 5.41) is 14.3. The van der Waals surface area contributed by atoms with E-state index >= 15 is 0 Å². The fraction of sp³-hybridized carbons (Fsp3) is 0.263. The molecule has 2 aromatic rings. The molecule has 0 aromatic heterocycles. The molecular weight excluding hydrogens is 418 g/mol. The van der Waals surface area contributed by atoms with Gasteiger partial charge in [-0.05, 0) is 64.8 Å². The number of nitriles is 1. The number of nitrogens with zero attached hydrogens (tertiary/aromatic N) is 2. The molecule has 3 rings (SSSR count). The summed E-state index contributed by atoms with van der Waals surface area (Å²) in [7, 11) is 0. The summed E-state index contributed by atoms with van der Waals surface area (Å²) in [4.78, 5) is 2.11. The predicted octanol–water partition coefficient (Wildman–Crippen LogP) is 5.36. The van der Waals surface area contributed by atoms with Crippen molar-refractivity contribution in [2.45, 2.75) is 18.3 Å². The van der Waals surface area contributed by atoms with Crippen molar-refractivity contribution < 1.29 is 0 Å². The number of benzene rings is 2. The van der Waals surface area contributed by atoms with Gasteiger partial charge in [-0.3, -0.25) is 0 Å². The molecule has 0 amide bonds. The number of nitrogens with one attached hydrogen (secondary N) is 1. The van der Waals surface area contributed by atoms with Crippen LogP contribution in [0.15, 0.2) is 53.0 Å². The van der Waals surface area contributed by atoms with Crippen LogP contribution >= 0.6 is 39.7 Å². The van der Waals surface area contributed by atoms with Gasteiger partial charge in [-0.2, -0.15) is 5.26 Å². The molecule has 128 valence electrons. The molecule has 0 radical (unpaired) electrons. The number of rotatable bonds is 2. The van der Waals surface area contributed by atoms with Gasteiger partial charge in [0.05, 0.1) is 16.5 Å². The molecule has 1 fully saturated rings. The molecule has 0 saturated carbocycles. The second kappa shape index (κ2) is 7.74. The van der Waals surface area contributed by atoms with Gasteiger partial charge in [-0.1, -0.05) is 41.9 Å². The van der Waals surface area contributed by atoms with Gasteiger partial charge in [0.25, 0.3) is 0 Å². The first-order valence-corrected chi connectivity index (χ1v) is 9.60. The van der Waals surface area contributed by atoms with Crippen molar-refractivity contribution in [3.05, 3.63) is 63.6 Å². The van der Waals surface area contributed by atoms with E-state index in [1.807, 2.05) is 48.5 Å². The number of halogens is 2. The molecule has 0 atom stereocenters.